The number of hydrogen-bond acceptors (Lipinski definition) is 2. The number of benzene rings is 1. The molecule has 0 saturated carbocycles. The SMILES string of the molecule is COCC(C)NC(N)=NCc1ccc(C)c(F)c1. The monoisotopic (exact) mass is 253 g/mol. The van der Waals surface area contributed by atoms with Crippen molar-refractivity contribution in [3.63, 3.8) is 0 Å². The summed E-state index contributed by atoms with van der Waals surface area (Å²) in [5.74, 6) is 0.113. The Balaban J connectivity index is 2.54. The Labute approximate surface area is 107 Å². The Morgan fingerprint density at radius 2 is 2.28 bits per heavy atom. The molecule has 0 saturated heterocycles. The number of methoxy groups -OCH3 is 1. The van der Waals surface area contributed by atoms with Gasteiger partial charge >= 0.3 is 0 Å². The summed E-state index contributed by atoms with van der Waals surface area (Å²) in [6.45, 7) is 4.58. The number of nitrogens with one attached hydrogen (secondary N) is 1. The smallest absolute Gasteiger partial charge is 0.189 e. The predicted octanol–water partition coefficient (Wildman–Crippen LogP) is 1.57. The van der Waals surface area contributed by atoms with Crippen LogP contribution in [0.1, 0.15) is 18.1 Å². The van der Waals surface area contributed by atoms with Crippen molar-refractivity contribution >= 4 is 5.96 Å². The van der Waals surface area contributed by atoms with Crippen LogP contribution in [0, 0.1) is 12.7 Å². The molecule has 3 N–H and O–H groups in total. The van der Waals surface area contributed by atoms with E-state index in [-0.39, 0.29) is 11.9 Å². The van der Waals surface area contributed by atoms with Gasteiger partial charge < -0.3 is 15.8 Å². The highest BCUT2D eigenvalue weighted by Crippen LogP contribution is 2.09. The molecule has 100 valence electrons. The van der Waals surface area contributed by atoms with Gasteiger partial charge in [0.25, 0.3) is 0 Å². The Morgan fingerprint density at radius 3 is 2.89 bits per heavy atom. The second kappa shape index (κ2) is 6.96. The maximum absolute atomic E-state index is 13.3. The largest absolute Gasteiger partial charge is 0.383 e. The molecule has 0 aliphatic carbocycles. The summed E-state index contributed by atoms with van der Waals surface area (Å²) in [6, 6.07) is 5.14. The second-order valence-electron chi connectivity index (χ2n) is 4.29. The van der Waals surface area contributed by atoms with Crippen LogP contribution in [0.15, 0.2) is 23.2 Å². The van der Waals surface area contributed by atoms with Gasteiger partial charge in [0.15, 0.2) is 5.96 Å². The van der Waals surface area contributed by atoms with Crippen molar-refractivity contribution in [3.05, 3.63) is 35.1 Å². The molecule has 0 aliphatic rings. The van der Waals surface area contributed by atoms with Crippen LogP contribution in [0.25, 0.3) is 0 Å². The van der Waals surface area contributed by atoms with E-state index in [2.05, 4.69) is 10.3 Å². The summed E-state index contributed by atoms with van der Waals surface area (Å²) in [5.41, 5.74) is 7.13. The fraction of sp³-hybridized carbons (Fsp3) is 0.462. The van der Waals surface area contributed by atoms with Gasteiger partial charge in [-0.15, -0.1) is 0 Å². The summed E-state index contributed by atoms with van der Waals surface area (Å²) in [5, 5.41) is 2.99. The first-order chi connectivity index (χ1) is 8.52. The molecular formula is C13H20FN3O. The minimum atomic E-state index is -0.220. The molecule has 0 aliphatic heterocycles. The number of nitrogens with two attached hydrogens (primary N) is 1. The Morgan fingerprint density at radius 1 is 1.56 bits per heavy atom. The maximum Gasteiger partial charge on any atom is 0.189 e. The Hall–Kier alpha value is -1.62. The van der Waals surface area contributed by atoms with E-state index in [4.69, 9.17) is 10.5 Å². The minimum Gasteiger partial charge on any atom is -0.383 e. The quantitative estimate of drug-likeness (QED) is 0.618. The molecule has 0 bridgehead atoms. The zero-order valence-electron chi connectivity index (χ0n) is 11.0. The highest BCUT2D eigenvalue weighted by atomic mass is 19.1. The van der Waals surface area contributed by atoms with Crippen LogP contribution in [0.3, 0.4) is 0 Å². The number of halogens is 1. The third-order valence-corrected chi connectivity index (χ3v) is 2.48. The average molecular weight is 253 g/mol. The molecule has 0 aromatic heterocycles. The van der Waals surface area contributed by atoms with Crippen LogP contribution in [0.2, 0.25) is 0 Å². The Kier molecular flexibility index (Phi) is 5.58. The van der Waals surface area contributed by atoms with Gasteiger partial charge in [0, 0.05) is 13.2 Å². The number of ether oxygens (including phenoxy) is 1. The van der Waals surface area contributed by atoms with E-state index < -0.39 is 0 Å². The lowest BCUT2D eigenvalue weighted by Crippen LogP contribution is -2.40. The molecule has 0 radical (unpaired) electrons. The molecule has 5 heteroatoms. The van der Waals surface area contributed by atoms with Crippen LogP contribution in [-0.4, -0.2) is 25.7 Å². The molecular weight excluding hydrogens is 233 g/mol. The van der Waals surface area contributed by atoms with Crippen molar-refractivity contribution in [3.8, 4) is 0 Å². The topological polar surface area (TPSA) is 59.6 Å². The van der Waals surface area contributed by atoms with Gasteiger partial charge in [-0.25, -0.2) is 9.38 Å². The first-order valence-corrected chi connectivity index (χ1v) is 5.83. The fourth-order valence-electron chi connectivity index (χ4n) is 1.50. The third-order valence-electron chi connectivity index (χ3n) is 2.48. The van der Waals surface area contributed by atoms with Gasteiger partial charge in [-0.1, -0.05) is 12.1 Å². The average Bonchev–Trinajstić information content (AvgIpc) is 2.31. The molecule has 18 heavy (non-hydrogen) atoms. The van der Waals surface area contributed by atoms with E-state index >= 15 is 0 Å². The van der Waals surface area contributed by atoms with Crippen LogP contribution >= 0.6 is 0 Å². The number of rotatable bonds is 5. The Bertz CT molecular complexity index is 421. The number of guanidine groups is 1. The first kappa shape index (κ1) is 14.4. The van der Waals surface area contributed by atoms with Crippen LogP contribution in [0.5, 0.6) is 0 Å². The first-order valence-electron chi connectivity index (χ1n) is 5.83. The zero-order valence-corrected chi connectivity index (χ0v) is 11.0. The zero-order chi connectivity index (χ0) is 13.5. The van der Waals surface area contributed by atoms with Crippen molar-refractivity contribution in [1.29, 1.82) is 0 Å². The van der Waals surface area contributed by atoms with E-state index in [1.165, 1.54) is 6.07 Å². The molecule has 0 amide bonds. The molecule has 1 atom stereocenters. The van der Waals surface area contributed by atoms with Gasteiger partial charge in [0.1, 0.15) is 5.82 Å². The molecule has 1 aromatic rings. The highest BCUT2D eigenvalue weighted by Gasteiger charge is 2.02. The molecule has 0 fully saturated rings. The van der Waals surface area contributed by atoms with E-state index in [9.17, 15) is 4.39 Å². The molecule has 1 unspecified atom stereocenters. The lowest BCUT2D eigenvalue weighted by molar-refractivity contribution is 0.179. The molecule has 0 heterocycles. The van der Waals surface area contributed by atoms with Gasteiger partial charge in [-0.2, -0.15) is 0 Å². The van der Waals surface area contributed by atoms with Crippen molar-refractivity contribution in [2.45, 2.75) is 26.4 Å². The molecule has 1 aromatic carbocycles. The number of nitrogens with zero attached hydrogens (tertiary/aromatic N) is 1. The van der Waals surface area contributed by atoms with Crippen molar-refractivity contribution < 1.29 is 9.13 Å². The highest BCUT2D eigenvalue weighted by molar-refractivity contribution is 5.78. The van der Waals surface area contributed by atoms with Gasteiger partial charge in [0.2, 0.25) is 0 Å². The van der Waals surface area contributed by atoms with E-state index in [0.717, 1.165) is 5.56 Å². The predicted molar refractivity (Wildman–Crippen MR) is 70.9 cm³/mol. The van der Waals surface area contributed by atoms with Gasteiger partial charge in [-0.05, 0) is 31.0 Å². The summed E-state index contributed by atoms with van der Waals surface area (Å²) in [7, 11) is 1.63. The van der Waals surface area contributed by atoms with Crippen LogP contribution in [0.4, 0.5) is 4.39 Å². The molecule has 0 spiro atoms. The molecule has 4 nitrogen and oxygen atoms in total. The normalized spacial score (nSPS) is 13.4. The second-order valence-corrected chi connectivity index (χ2v) is 4.29. The van der Waals surface area contributed by atoms with E-state index in [0.29, 0.717) is 24.7 Å². The maximum atomic E-state index is 13.3. The van der Waals surface area contributed by atoms with Crippen molar-refractivity contribution in [2.75, 3.05) is 13.7 Å². The lowest BCUT2D eigenvalue weighted by atomic mass is 10.1. The fourth-order valence-corrected chi connectivity index (χ4v) is 1.50. The van der Waals surface area contributed by atoms with Crippen LogP contribution < -0.4 is 11.1 Å². The molecule has 1 rings (SSSR count). The van der Waals surface area contributed by atoms with E-state index in [1.54, 1.807) is 20.1 Å². The minimum absolute atomic E-state index is 0.0912. The standard InChI is InChI=1S/C13H20FN3O/c1-9-4-5-11(6-12(9)14)7-16-13(15)17-10(2)8-18-3/h4-6,10H,7-8H2,1-3H3,(H3,15,16,17). The summed E-state index contributed by atoms with van der Waals surface area (Å²) in [6.07, 6.45) is 0. The number of aryl methyl sites for hydroxylation is 1. The van der Waals surface area contributed by atoms with Crippen LogP contribution in [-0.2, 0) is 11.3 Å². The van der Waals surface area contributed by atoms with E-state index in [1.807, 2.05) is 13.0 Å². The number of hydrogen-bond donors (Lipinski definition) is 2. The third kappa shape index (κ3) is 4.71. The number of aliphatic imine (C=N–C) groups is 1. The lowest BCUT2D eigenvalue weighted by Gasteiger charge is -2.13. The van der Waals surface area contributed by atoms with Crippen molar-refractivity contribution in [1.82, 2.24) is 5.32 Å². The van der Waals surface area contributed by atoms with Crippen molar-refractivity contribution in [2.24, 2.45) is 10.7 Å². The van der Waals surface area contributed by atoms with Gasteiger partial charge in [-0.3, -0.25) is 0 Å². The summed E-state index contributed by atoms with van der Waals surface area (Å²) >= 11 is 0. The summed E-state index contributed by atoms with van der Waals surface area (Å²) < 4.78 is 18.3. The van der Waals surface area contributed by atoms with Gasteiger partial charge in [0.05, 0.1) is 13.2 Å². The summed E-state index contributed by atoms with van der Waals surface area (Å²) in [4.78, 5) is 4.15.